The number of rotatable bonds is 4. The van der Waals surface area contributed by atoms with Gasteiger partial charge in [0.25, 0.3) is 5.91 Å². The molecular weight excluding hydrogens is 244 g/mol. The van der Waals surface area contributed by atoms with E-state index in [2.05, 4.69) is 23.8 Å². The number of anilines is 1. The van der Waals surface area contributed by atoms with Gasteiger partial charge < -0.3 is 10.6 Å². The first-order valence-electron chi connectivity index (χ1n) is 6.38. The molecule has 98 valence electrons. The fourth-order valence-electron chi connectivity index (χ4n) is 2.04. The van der Waals surface area contributed by atoms with Crippen molar-refractivity contribution >= 4 is 23.4 Å². The van der Waals surface area contributed by atoms with Crippen molar-refractivity contribution in [2.75, 3.05) is 24.7 Å². The predicted molar refractivity (Wildman–Crippen MR) is 78.6 cm³/mol. The van der Waals surface area contributed by atoms with E-state index in [9.17, 15) is 4.79 Å². The lowest BCUT2D eigenvalue weighted by molar-refractivity contribution is 0.0954. The summed E-state index contributed by atoms with van der Waals surface area (Å²) in [4.78, 5) is 12.0. The Morgan fingerprint density at radius 1 is 1.56 bits per heavy atom. The summed E-state index contributed by atoms with van der Waals surface area (Å²) >= 11 is 1.76. The van der Waals surface area contributed by atoms with Gasteiger partial charge in [-0.2, -0.15) is 11.8 Å². The van der Waals surface area contributed by atoms with Crippen molar-refractivity contribution in [2.45, 2.75) is 25.0 Å². The van der Waals surface area contributed by atoms with Crippen molar-refractivity contribution in [1.29, 1.82) is 0 Å². The van der Waals surface area contributed by atoms with Crippen LogP contribution in [-0.2, 0) is 6.42 Å². The highest BCUT2D eigenvalue weighted by atomic mass is 32.2. The number of carbonyl (C=O) groups is 1. The van der Waals surface area contributed by atoms with Crippen LogP contribution in [0.2, 0.25) is 0 Å². The molecule has 3 nitrogen and oxygen atoms in total. The van der Waals surface area contributed by atoms with Crippen LogP contribution in [0.3, 0.4) is 0 Å². The number of hydrogen-bond acceptors (Lipinski definition) is 3. The second-order valence-electron chi connectivity index (χ2n) is 4.66. The molecule has 1 atom stereocenters. The maximum absolute atomic E-state index is 12.0. The summed E-state index contributed by atoms with van der Waals surface area (Å²) in [5.74, 6) is 0.0317. The minimum atomic E-state index is 0.0317. The Balaban J connectivity index is 2.02. The zero-order valence-electron chi connectivity index (χ0n) is 11.0. The largest absolute Gasteiger partial charge is 0.385 e. The fraction of sp³-hybridized carbons (Fsp3) is 0.500. The molecule has 0 aliphatic carbocycles. The lowest BCUT2D eigenvalue weighted by Crippen LogP contribution is -2.29. The second kappa shape index (κ2) is 6.14. The van der Waals surface area contributed by atoms with Crippen molar-refractivity contribution in [3.8, 4) is 0 Å². The van der Waals surface area contributed by atoms with Gasteiger partial charge in [-0.05, 0) is 42.9 Å². The third-order valence-electron chi connectivity index (χ3n) is 3.26. The number of fused-ring (bicyclic) bond motifs is 1. The molecule has 0 saturated carbocycles. The SMILES string of the molecule is CSC(C)CNC(=O)c1ccc2c(c1)CCCN2. The number of hydrogen-bond donors (Lipinski definition) is 2. The molecule has 2 rings (SSSR count). The van der Waals surface area contributed by atoms with Gasteiger partial charge in [0.05, 0.1) is 0 Å². The first-order chi connectivity index (χ1) is 8.70. The van der Waals surface area contributed by atoms with E-state index in [1.54, 1.807) is 11.8 Å². The molecule has 1 aliphatic rings. The molecule has 0 radical (unpaired) electrons. The molecule has 1 unspecified atom stereocenters. The fourth-order valence-corrected chi connectivity index (χ4v) is 2.29. The lowest BCUT2D eigenvalue weighted by atomic mass is 10.0. The zero-order chi connectivity index (χ0) is 13.0. The van der Waals surface area contributed by atoms with Crippen LogP contribution in [0.25, 0.3) is 0 Å². The summed E-state index contributed by atoms with van der Waals surface area (Å²) in [6.07, 6.45) is 4.26. The Kier molecular flexibility index (Phi) is 4.53. The van der Waals surface area contributed by atoms with E-state index in [0.717, 1.165) is 31.5 Å². The Hall–Kier alpha value is -1.16. The molecule has 0 spiro atoms. The Morgan fingerprint density at radius 3 is 3.17 bits per heavy atom. The highest BCUT2D eigenvalue weighted by Crippen LogP contribution is 2.22. The molecule has 0 bridgehead atoms. The topological polar surface area (TPSA) is 41.1 Å². The van der Waals surface area contributed by atoms with E-state index < -0.39 is 0 Å². The summed E-state index contributed by atoms with van der Waals surface area (Å²) in [6.45, 7) is 3.86. The standard InChI is InChI=1S/C14H20N2OS/c1-10(18-2)9-16-14(17)12-5-6-13-11(8-12)4-3-7-15-13/h5-6,8,10,15H,3-4,7,9H2,1-2H3,(H,16,17). The van der Waals surface area contributed by atoms with Gasteiger partial charge in [0.2, 0.25) is 0 Å². The second-order valence-corrected chi connectivity index (χ2v) is 5.93. The molecule has 1 aromatic carbocycles. The van der Waals surface area contributed by atoms with E-state index in [1.165, 1.54) is 11.3 Å². The smallest absolute Gasteiger partial charge is 0.251 e. The van der Waals surface area contributed by atoms with E-state index in [-0.39, 0.29) is 5.91 Å². The molecule has 4 heteroatoms. The van der Waals surface area contributed by atoms with E-state index in [4.69, 9.17) is 0 Å². The average Bonchev–Trinajstić information content (AvgIpc) is 2.43. The van der Waals surface area contributed by atoms with Crippen molar-refractivity contribution in [1.82, 2.24) is 5.32 Å². The van der Waals surface area contributed by atoms with Crippen LogP contribution in [0.4, 0.5) is 5.69 Å². The maximum atomic E-state index is 12.0. The molecule has 1 heterocycles. The summed E-state index contributed by atoms with van der Waals surface area (Å²) in [5, 5.41) is 6.78. The highest BCUT2D eigenvalue weighted by Gasteiger charge is 2.12. The summed E-state index contributed by atoms with van der Waals surface area (Å²) in [7, 11) is 0. The van der Waals surface area contributed by atoms with Crippen molar-refractivity contribution in [2.24, 2.45) is 0 Å². The van der Waals surface area contributed by atoms with Crippen molar-refractivity contribution < 1.29 is 4.79 Å². The lowest BCUT2D eigenvalue weighted by Gasteiger charge is -2.18. The predicted octanol–water partition coefficient (Wildman–Crippen LogP) is 2.53. The molecule has 1 amide bonds. The van der Waals surface area contributed by atoms with Crippen LogP contribution >= 0.6 is 11.8 Å². The van der Waals surface area contributed by atoms with Gasteiger partial charge >= 0.3 is 0 Å². The first kappa shape index (κ1) is 13.3. The Labute approximate surface area is 113 Å². The van der Waals surface area contributed by atoms with Gasteiger partial charge in [0, 0.05) is 29.6 Å². The number of carbonyl (C=O) groups excluding carboxylic acids is 1. The van der Waals surface area contributed by atoms with Crippen molar-refractivity contribution in [3.05, 3.63) is 29.3 Å². The van der Waals surface area contributed by atoms with E-state index >= 15 is 0 Å². The number of thioether (sulfide) groups is 1. The third-order valence-corrected chi connectivity index (χ3v) is 4.23. The van der Waals surface area contributed by atoms with Crippen LogP contribution in [0.1, 0.15) is 29.3 Å². The summed E-state index contributed by atoms with van der Waals surface area (Å²) in [6, 6.07) is 5.93. The molecule has 1 aliphatic heterocycles. The van der Waals surface area contributed by atoms with Crippen LogP contribution in [0.15, 0.2) is 18.2 Å². The molecule has 1 aromatic rings. The Morgan fingerprint density at radius 2 is 2.39 bits per heavy atom. The van der Waals surface area contributed by atoms with Gasteiger partial charge in [-0.25, -0.2) is 0 Å². The number of aryl methyl sites for hydroxylation is 1. The molecule has 18 heavy (non-hydrogen) atoms. The Bertz CT molecular complexity index is 434. The number of benzene rings is 1. The minimum absolute atomic E-state index is 0.0317. The maximum Gasteiger partial charge on any atom is 0.251 e. The van der Waals surface area contributed by atoms with Crippen molar-refractivity contribution in [3.63, 3.8) is 0 Å². The number of amides is 1. The van der Waals surface area contributed by atoms with E-state index in [0.29, 0.717) is 5.25 Å². The summed E-state index contributed by atoms with van der Waals surface area (Å²) < 4.78 is 0. The molecule has 0 fully saturated rings. The minimum Gasteiger partial charge on any atom is -0.385 e. The average molecular weight is 264 g/mol. The highest BCUT2D eigenvalue weighted by molar-refractivity contribution is 7.99. The third kappa shape index (κ3) is 3.19. The monoisotopic (exact) mass is 264 g/mol. The first-order valence-corrected chi connectivity index (χ1v) is 7.67. The van der Waals surface area contributed by atoms with Crippen LogP contribution in [0.5, 0.6) is 0 Å². The van der Waals surface area contributed by atoms with Gasteiger partial charge in [0.1, 0.15) is 0 Å². The van der Waals surface area contributed by atoms with Crippen LogP contribution < -0.4 is 10.6 Å². The van der Waals surface area contributed by atoms with Gasteiger partial charge in [0.15, 0.2) is 0 Å². The van der Waals surface area contributed by atoms with E-state index in [1.807, 2.05) is 18.2 Å². The van der Waals surface area contributed by atoms with Gasteiger partial charge in [-0.3, -0.25) is 4.79 Å². The van der Waals surface area contributed by atoms with Gasteiger partial charge in [-0.1, -0.05) is 6.92 Å². The normalized spacial score (nSPS) is 15.4. The quantitative estimate of drug-likeness (QED) is 0.878. The zero-order valence-corrected chi connectivity index (χ0v) is 11.8. The van der Waals surface area contributed by atoms with Crippen LogP contribution in [0, 0.1) is 0 Å². The summed E-state index contributed by atoms with van der Waals surface area (Å²) in [5.41, 5.74) is 3.20. The van der Waals surface area contributed by atoms with Crippen LogP contribution in [-0.4, -0.2) is 30.5 Å². The number of nitrogens with one attached hydrogen (secondary N) is 2. The molecule has 0 saturated heterocycles. The van der Waals surface area contributed by atoms with Gasteiger partial charge in [-0.15, -0.1) is 0 Å². The molecule has 0 aromatic heterocycles. The molecular formula is C14H20N2OS. The molecule has 2 N–H and O–H groups in total.